The van der Waals surface area contributed by atoms with Crippen LogP contribution in [0.4, 0.5) is 0 Å². The Labute approximate surface area is 51.9 Å². The largest absolute Gasteiger partial charge is 0.255 e. The molecule has 4 nitrogen and oxygen atoms in total. The van der Waals surface area contributed by atoms with E-state index in [9.17, 15) is 0 Å². The molecule has 4 heteroatoms. The topological polar surface area (TPSA) is 80.9 Å². The highest BCUT2D eigenvalue weighted by molar-refractivity contribution is 2.51. The van der Waals surface area contributed by atoms with Crippen LogP contribution in [-0.2, 0) is 0 Å². The minimum absolute atomic E-state index is 0. The summed E-state index contributed by atoms with van der Waals surface area (Å²) < 4.78 is 0. The molecule has 0 rings (SSSR count). The van der Waals surface area contributed by atoms with Gasteiger partial charge in [0.15, 0.2) is 0 Å². The number of rotatable bonds is 0. The van der Waals surface area contributed by atoms with Crippen LogP contribution in [0.3, 0.4) is 0 Å². The van der Waals surface area contributed by atoms with E-state index in [2.05, 4.69) is 0 Å². The van der Waals surface area contributed by atoms with Crippen LogP contribution in [0.25, 0.3) is 0 Å². The van der Waals surface area contributed by atoms with Gasteiger partial charge in [0.1, 0.15) is 0 Å². The lowest BCUT2D eigenvalue weighted by molar-refractivity contribution is -0.176. The first-order chi connectivity index (χ1) is 2.00. The maximum absolute atomic E-state index is 6.00. The zero-order valence-electron chi connectivity index (χ0n) is 1.79. The minimum atomic E-state index is 0. The maximum atomic E-state index is 6.00. The molecule has 8 heavy (non-hydrogen) atoms. The normalized spacial score (nSPS) is 1.50. The Bertz CT molecular complexity index is 8.00. The summed E-state index contributed by atoms with van der Waals surface area (Å²) in [4.78, 5) is 0. The van der Waals surface area contributed by atoms with Crippen molar-refractivity contribution in [3.05, 3.63) is 0 Å². The van der Waals surface area contributed by atoms with E-state index in [1.165, 1.54) is 0 Å². The Balaban J connectivity index is -0.00000000167. The fraction of sp³-hybridized carbons (Fsp3) is 1.00. The molecule has 60 valence electrons. The molecule has 0 atom stereocenters. The Morgan fingerprint density at radius 2 is 0.375 bits per heavy atom. The van der Waals surface area contributed by atoms with Crippen LogP contribution in [0.1, 0.15) is 29.7 Å². The fourth-order valence-corrected chi connectivity index (χ4v) is 0. The lowest BCUT2D eigenvalue weighted by Crippen LogP contribution is -1.29. The summed E-state index contributed by atoms with van der Waals surface area (Å²) in [5.41, 5.74) is 0. The molecule has 0 aromatic heterocycles. The highest BCUT2D eigenvalue weighted by Crippen LogP contribution is 0.713. The number of hydrogen-bond acceptors (Lipinski definition) is 4. The molecule has 0 aliphatic heterocycles. The zero-order valence-corrected chi connectivity index (χ0v) is 1.79. The highest BCUT2D eigenvalue weighted by atomic mass is 17.0. The third-order valence-corrected chi connectivity index (χ3v) is 0. The first kappa shape index (κ1) is 108. The molecule has 0 heterocycles. The summed E-state index contributed by atoms with van der Waals surface area (Å²) in [6.45, 7) is 0. The van der Waals surface area contributed by atoms with Crippen LogP contribution < -0.4 is 0 Å². The van der Waals surface area contributed by atoms with Gasteiger partial charge in [-0.05, 0) is 0 Å². The second kappa shape index (κ2) is 9110. The Kier molecular flexibility index (Phi) is 123000. The minimum Gasteiger partial charge on any atom is -0.255 e. The average molecular weight is 132 g/mol. The summed E-state index contributed by atoms with van der Waals surface area (Å²) in [6.07, 6.45) is 0. The maximum Gasteiger partial charge on any atom is -0.0776 e. The molecule has 0 unspecified atom stereocenters. The van der Waals surface area contributed by atoms with Gasteiger partial charge in [0.2, 0.25) is 0 Å². The summed E-state index contributed by atoms with van der Waals surface area (Å²) in [5.74, 6) is 0. The van der Waals surface area contributed by atoms with Crippen molar-refractivity contribution < 1.29 is 21.0 Å². The Morgan fingerprint density at radius 3 is 0.375 bits per heavy atom. The Morgan fingerprint density at radius 1 is 0.375 bits per heavy atom. The molecule has 0 fully saturated rings. The lowest BCUT2D eigenvalue weighted by atomic mass is 12.0. The molecule has 0 amide bonds. The van der Waals surface area contributed by atoms with Crippen LogP contribution in [0.5, 0.6) is 0 Å². The molecule has 0 saturated heterocycles. The van der Waals surface area contributed by atoms with E-state index in [1.54, 1.807) is 0 Å². The zero-order chi connectivity index (χ0) is 4.00. The van der Waals surface area contributed by atoms with E-state index in [-0.39, 0.29) is 29.7 Å². The third-order valence-electron chi connectivity index (χ3n) is 0. The summed E-state index contributed by atoms with van der Waals surface area (Å²) >= 11 is 0. The van der Waals surface area contributed by atoms with E-state index < -0.39 is 0 Å². The van der Waals surface area contributed by atoms with Crippen molar-refractivity contribution in [1.82, 2.24) is 0 Å². The van der Waals surface area contributed by atoms with Crippen molar-refractivity contribution in [3.63, 3.8) is 0 Å². The van der Waals surface area contributed by atoms with Crippen molar-refractivity contribution in [1.29, 1.82) is 0 Å². The molecule has 0 aromatic rings. The van der Waals surface area contributed by atoms with Gasteiger partial charge < -0.3 is 0 Å². The molecule has 0 aliphatic carbocycles. The van der Waals surface area contributed by atoms with Gasteiger partial charge in [-0.25, -0.2) is 0 Å². The smallest absolute Gasteiger partial charge is 0.0776 e. The van der Waals surface area contributed by atoms with Crippen LogP contribution in [0.15, 0.2) is 0 Å². The molecular formula is C4H20O4. The van der Waals surface area contributed by atoms with Gasteiger partial charge in [0, 0.05) is 0 Å². The van der Waals surface area contributed by atoms with Crippen molar-refractivity contribution in [2.75, 3.05) is 0 Å². The van der Waals surface area contributed by atoms with Crippen LogP contribution in [0, 0.1) is 0 Å². The first-order valence-electron chi connectivity index (χ1n) is 0.400. The van der Waals surface area contributed by atoms with E-state index in [0.717, 1.165) is 0 Å². The van der Waals surface area contributed by atoms with Crippen LogP contribution in [-0.4, -0.2) is 21.0 Å². The van der Waals surface area contributed by atoms with Gasteiger partial charge in [-0.2, -0.15) is 0 Å². The standard InChI is InChI=1S/4CH4.2H2O2/c;;;;2*1-2/h4*1H4;2*1-2H. The first-order valence-corrected chi connectivity index (χ1v) is 0.400. The summed E-state index contributed by atoms with van der Waals surface area (Å²) in [5, 5.41) is 24.0. The predicted molar refractivity (Wildman–Crippen MR) is 37.4 cm³/mol. The van der Waals surface area contributed by atoms with Crippen LogP contribution >= 0.6 is 0 Å². The van der Waals surface area contributed by atoms with Crippen LogP contribution in [0.2, 0.25) is 0 Å². The predicted octanol–water partition coefficient (Wildman–Crippen LogP) is 2.58. The fourth-order valence-electron chi connectivity index (χ4n) is 0. The monoisotopic (exact) mass is 132 g/mol. The van der Waals surface area contributed by atoms with Crippen molar-refractivity contribution in [3.8, 4) is 0 Å². The second-order valence-corrected chi connectivity index (χ2v) is 0. The molecule has 0 saturated carbocycles. The summed E-state index contributed by atoms with van der Waals surface area (Å²) in [7, 11) is 0. The SMILES string of the molecule is C.C.C.C.OO.OO. The van der Waals surface area contributed by atoms with Gasteiger partial charge in [-0.15, -0.1) is 0 Å². The molecule has 0 aromatic carbocycles. The van der Waals surface area contributed by atoms with E-state index in [1.807, 2.05) is 0 Å². The number of hydrogen-bond donors (Lipinski definition) is 4. The highest BCUT2D eigenvalue weighted by Gasteiger charge is 0.747. The lowest BCUT2D eigenvalue weighted by Gasteiger charge is -1.25. The average Bonchev–Trinajstić information content (AvgIpc) is 1.50. The molecule has 0 radical (unpaired) electrons. The summed E-state index contributed by atoms with van der Waals surface area (Å²) in [6, 6.07) is 0. The van der Waals surface area contributed by atoms with Gasteiger partial charge in [-0.1, -0.05) is 29.7 Å². The molecular weight excluding hydrogens is 112 g/mol. The van der Waals surface area contributed by atoms with Gasteiger partial charge in [0.05, 0.1) is 0 Å². The van der Waals surface area contributed by atoms with Gasteiger partial charge >= 0.3 is 0 Å². The second-order valence-electron chi connectivity index (χ2n) is 0. The van der Waals surface area contributed by atoms with Crippen molar-refractivity contribution >= 4 is 0 Å². The van der Waals surface area contributed by atoms with Gasteiger partial charge in [0.25, 0.3) is 0 Å². The van der Waals surface area contributed by atoms with E-state index >= 15 is 0 Å². The van der Waals surface area contributed by atoms with E-state index in [4.69, 9.17) is 21.0 Å². The quantitative estimate of drug-likeness (QED) is 0.301. The van der Waals surface area contributed by atoms with Gasteiger partial charge in [-0.3, -0.25) is 21.0 Å². The van der Waals surface area contributed by atoms with E-state index in [0.29, 0.717) is 0 Å². The molecule has 0 aliphatic rings. The molecule has 0 spiro atoms. The molecule has 0 bridgehead atoms. The Hall–Kier alpha value is -0.160. The third kappa shape index (κ3) is 5340. The van der Waals surface area contributed by atoms with Crippen molar-refractivity contribution in [2.24, 2.45) is 0 Å². The van der Waals surface area contributed by atoms with Crippen molar-refractivity contribution in [2.45, 2.75) is 29.7 Å². The molecule has 4 N–H and O–H groups in total.